The van der Waals surface area contributed by atoms with Crippen LogP contribution < -0.4 is 0 Å². The van der Waals surface area contributed by atoms with Gasteiger partial charge in [-0.3, -0.25) is 4.79 Å². The molecule has 2 aromatic carbocycles. The number of ketones is 1. The van der Waals surface area contributed by atoms with E-state index in [9.17, 15) is 4.79 Å². The van der Waals surface area contributed by atoms with Crippen molar-refractivity contribution in [2.24, 2.45) is 0 Å². The van der Waals surface area contributed by atoms with E-state index in [-0.39, 0.29) is 11.7 Å². The number of hydrogen-bond donors (Lipinski definition) is 0. The van der Waals surface area contributed by atoms with Crippen molar-refractivity contribution in [1.29, 1.82) is 0 Å². The first-order valence-electron chi connectivity index (χ1n) is 8.67. The molecule has 2 aliphatic rings. The molecule has 0 amide bonds. The standard InChI is InChI=1S/C22H22O2/c1-15(23)20-16(2)24-22(21(20)18-10-4-3-5-11-18)14-8-12-17-9-6-7-13-19(17)22/h3-7,9-11,13,21H,8,12,14H2,1-2H3. The highest BCUT2D eigenvalue weighted by Crippen LogP contribution is 2.56. The predicted molar refractivity (Wildman–Crippen MR) is 94.7 cm³/mol. The van der Waals surface area contributed by atoms with Gasteiger partial charge >= 0.3 is 0 Å². The monoisotopic (exact) mass is 318 g/mol. The third kappa shape index (κ3) is 2.13. The van der Waals surface area contributed by atoms with Gasteiger partial charge in [0.25, 0.3) is 0 Å². The van der Waals surface area contributed by atoms with E-state index < -0.39 is 5.60 Å². The first-order valence-corrected chi connectivity index (χ1v) is 8.67. The number of allylic oxidation sites excluding steroid dienone is 1. The molecule has 0 fully saturated rings. The number of Topliss-reactive ketones (excluding diaryl/α,β-unsaturated/α-hetero) is 1. The van der Waals surface area contributed by atoms with Crippen molar-refractivity contribution in [3.63, 3.8) is 0 Å². The van der Waals surface area contributed by atoms with E-state index in [4.69, 9.17) is 4.74 Å². The molecule has 122 valence electrons. The summed E-state index contributed by atoms with van der Waals surface area (Å²) >= 11 is 0. The van der Waals surface area contributed by atoms with Crippen LogP contribution in [0.25, 0.3) is 0 Å². The zero-order valence-electron chi connectivity index (χ0n) is 14.2. The Bertz CT molecular complexity index is 819. The fourth-order valence-corrected chi connectivity index (χ4v) is 4.59. The Morgan fingerprint density at radius 2 is 1.79 bits per heavy atom. The maximum absolute atomic E-state index is 12.4. The van der Waals surface area contributed by atoms with E-state index >= 15 is 0 Å². The van der Waals surface area contributed by atoms with E-state index in [1.54, 1.807) is 6.92 Å². The van der Waals surface area contributed by atoms with Crippen LogP contribution in [0.4, 0.5) is 0 Å². The highest BCUT2D eigenvalue weighted by atomic mass is 16.5. The van der Waals surface area contributed by atoms with E-state index in [1.807, 2.05) is 25.1 Å². The topological polar surface area (TPSA) is 26.3 Å². The maximum atomic E-state index is 12.4. The lowest BCUT2D eigenvalue weighted by Crippen LogP contribution is -2.37. The van der Waals surface area contributed by atoms with Crippen LogP contribution in [0.15, 0.2) is 65.9 Å². The van der Waals surface area contributed by atoms with Crippen molar-refractivity contribution >= 4 is 5.78 Å². The summed E-state index contributed by atoms with van der Waals surface area (Å²) < 4.78 is 6.52. The summed E-state index contributed by atoms with van der Waals surface area (Å²) in [4.78, 5) is 12.4. The SMILES string of the molecule is CC(=O)C1=C(C)OC2(CCCc3ccccc32)C1c1ccccc1. The minimum atomic E-state index is -0.443. The Kier molecular flexibility index (Phi) is 3.56. The van der Waals surface area contributed by atoms with Gasteiger partial charge in [-0.1, -0.05) is 54.6 Å². The first-order chi connectivity index (χ1) is 11.6. The summed E-state index contributed by atoms with van der Waals surface area (Å²) in [5.41, 5.74) is 4.15. The lowest BCUT2D eigenvalue weighted by atomic mass is 9.67. The number of aryl methyl sites for hydroxylation is 1. The molecule has 2 nitrogen and oxygen atoms in total. The molecule has 2 atom stereocenters. The van der Waals surface area contributed by atoms with Crippen molar-refractivity contribution in [2.75, 3.05) is 0 Å². The second-order valence-corrected chi connectivity index (χ2v) is 6.87. The molecule has 24 heavy (non-hydrogen) atoms. The molecule has 0 saturated heterocycles. The van der Waals surface area contributed by atoms with Gasteiger partial charge in [0.05, 0.1) is 5.92 Å². The molecule has 1 spiro atoms. The van der Waals surface area contributed by atoms with Gasteiger partial charge in [-0.25, -0.2) is 0 Å². The minimum Gasteiger partial charge on any atom is -0.486 e. The molecular weight excluding hydrogens is 296 g/mol. The smallest absolute Gasteiger partial charge is 0.159 e. The van der Waals surface area contributed by atoms with Crippen molar-refractivity contribution in [3.05, 3.63) is 82.6 Å². The zero-order valence-corrected chi connectivity index (χ0v) is 14.2. The molecule has 1 heterocycles. The number of fused-ring (bicyclic) bond motifs is 2. The molecule has 4 rings (SSSR count). The van der Waals surface area contributed by atoms with Crippen LogP contribution >= 0.6 is 0 Å². The van der Waals surface area contributed by atoms with Crippen molar-refractivity contribution in [2.45, 2.75) is 44.6 Å². The van der Waals surface area contributed by atoms with Crippen LogP contribution in [-0.2, 0) is 21.6 Å². The second-order valence-electron chi connectivity index (χ2n) is 6.87. The van der Waals surface area contributed by atoms with Crippen LogP contribution in [0.2, 0.25) is 0 Å². The van der Waals surface area contributed by atoms with E-state index in [1.165, 1.54) is 11.1 Å². The van der Waals surface area contributed by atoms with Gasteiger partial charge in [0.15, 0.2) is 5.78 Å². The Hall–Kier alpha value is -2.35. The normalized spacial score (nSPS) is 25.5. The molecule has 2 heteroatoms. The average Bonchev–Trinajstić information content (AvgIpc) is 2.89. The zero-order chi connectivity index (χ0) is 16.7. The molecule has 0 saturated carbocycles. The van der Waals surface area contributed by atoms with Gasteiger partial charge in [0, 0.05) is 5.57 Å². The average molecular weight is 318 g/mol. The van der Waals surface area contributed by atoms with Crippen LogP contribution in [0.3, 0.4) is 0 Å². The van der Waals surface area contributed by atoms with Gasteiger partial charge in [-0.2, -0.15) is 0 Å². The van der Waals surface area contributed by atoms with Crippen molar-refractivity contribution in [3.8, 4) is 0 Å². The van der Waals surface area contributed by atoms with Crippen LogP contribution in [0.5, 0.6) is 0 Å². The highest BCUT2D eigenvalue weighted by Gasteiger charge is 2.53. The molecule has 0 bridgehead atoms. The van der Waals surface area contributed by atoms with Gasteiger partial charge in [0.1, 0.15) is 11.4 Å². The molecule has 1 aliphatic heterocycles. The van der Waals surface area contributed by atoms with Crippen molar-refractivity contribution in [1.82, 2.24) is 0 Å². The Morgan fingerprint density at radius 3 is 2.54 bits per heavy atom. The summed E-state index contributed by atoms with van der Waals surface area (Å²) in [7, 11) is 0. The summed E-state index contributed by atoms with van der Waals surface area (Å²) in [6.45, 7) is 3.60. The lowest BCUT2D eigenvalue weighted by Gasteiger charge is -2.40. The predicted octanol–water partition coefficient (Wildman–Crippen LogP) is 4.90. The number of ether oxygens (including phenoxy) is 1. The number of rotatable bonds is 2. The summed E-state index contributed by atoms with van der Waals surface area (Å²) in [6.07, 6.45) is 3.10. The number of carbonyl (C=O) groups is 1. The summed E-state index contributed by atoms with van der Waals surface area (Å²) in [6, 6.07) is 18.9. The second kappa shape index (κ2) is 5.62. The lowest BCUT2D eigenvalue weighted by molar-refractivity contribution is -0.114. The van der Waals surface area contributed by atoms with Gasteiger partial charge in [0.2, 0.25) is 0 Å². The largest absolute Gasteiger partial charge is 0.486 e. The molecule has 2 aromatic rings. The van der Waals surface area contributed by atoms with Gasteiger partial charge in [-0.15, -0.1) is 0 Å². The van der Waals surface area contributed by atoms with Crippen LogP contribution in [-0.4, -0.2) is 5.78 Å². The molecule has 1 aliphatic carbocycles. The summed E-state index contributed by atoms with van der Waals surface area (Å²) in [5, 5.41) is 0. The summed E-state index contributed by atoms with van der Waals surface area (Å²) in [5.74, 6) is 0.868. The molecule has 0 aromatic heterocycles. The number of hydrogen-bond acceptors (Lipinski definition) is 2. The Balaban J connectivity index is 1.95. The Morgan fingerprint density at radius 1 is 1.08 bits per heavy atom. The van der Waals surface area contributed by atoms with E-state index in [2.05, 4.69) is 36.4 Å². The van der Waals surface area contributed by atoms with Crippen LogP contribution in [0.1, 0.15) is 49.3 Å². The number of benzene rings is 2. The molecule has 0 N–H and O–H groups in total. The van der Waals surface area contributed by atoms with Gasteiger partial charge < -0.3 is 4.74 Å². The highest BCUT2D eigenvalue weighted by molar-refractivity contribution is 5.96. The Labute approximate surface area is 143 Å². The fourth-order valence-electron chi connectivity index (χ4n) is 4.59. The minimum absolute atomic E-state index is 0.0300. The quantitative estimate of drug-likeness (QED) is 0.787. The molecule has 0 radical (unpaired) electrons. The fraction of sp³-hybridized carbons (Fsp3) is 0.318. The third-order valence-electron chi connectivity index (χ3n) is 5.45. The van der Waals surface area contributed by atoms with E-state index in [0.29, 0.717) is 0 Å². The van der Waals surface area contributed by atoms with Gasteiger partial charge in [-0.05, 0) is 49.8 Å². The molecule has 2 unspecified atom stereocenters. The van der Waals surface area contributed by atoms with Crippen molar-refractivity contribution < 1.29 is 9.53 Å². The maximum Gasteiger partial charge on any atom is 0.159 e. The molecular formula is C22H22O2. The first kappa shape index (κ1) is 15.2. The van der Waals surface area contributed by atoms with E-state index in [0.717, 1.165) is 36.2 Å². The number of carbonyl (C=O) groups excluding carboxylic acids is 1. The third-order valence-corrected chi connectivity index (χ3v) is 5.45. The van der Waals surface area contributed by atoms with Crippen LogP contribution in [0, 0.1) is 0 Å².